The monoisotopic (exact) mass is 417 g/mol. The number of nitrogens with zero attached hydrogens (tertiary/aromatic N) is 3. The molecule has 3 rings (SSSR count). The van der Waals surface area contributed by atoms with Gasteiger partial charge in [0.2, 0.25) is 5.91 Å². The van der Waals surface area contributed by atoms with E-state index in [0.29, 0.717) is 24.3 Å². The summed E-state index contributed by atoms with van der Waals surface area (Å²) in [7, 11) is 1.82. The van der Waals surface area contributed by atoms with Gasteiger partial charge in [-0.2, -0.15) is 4.99 Å². The first-order valence-corrected chi connectivity index (χ1v) is 9.91. The standard InChI is InChI=1S/C21H27N3O6/c1-5-8-30-21(29)22-16-7-6-13(23(16)4)9-11(2)14-10-15-17(12(3)25)19(26)24(15)18(14)20(27)28/h5,9,12-13,15,17,25H,1,6-8,10H2,2-4H3,(H,27,28)/b11-9+,22-16?/t12-,13+,15-,17-/m1/s1. The Morgan fingerprint density at radius 2 is 2.13 bits per heavy atom. The summed E-state index contributed by atoms with van der Waals surface area (Å²) < 4.78 is 4.89. The van der Waals surface area contributed by atoms with Crippen LogP contribution in [0.2, 0.25) is 0 Å². The molecule has 9 heteroatoms. The van der Waals surface area contributed by atoms with Gasteiger partial charge >= 0.3 is 12.1 Å². The second-order valence-corrected chi connectivity index (χ2v) is 7.84. The second-order valence-electron chi connectivity index (χ2n) is 7.84. The highest BCUT2D eigenvalue weighted by Gasteiger charge is 2.56. The third kappa shape index (κ3) is 3.77. The van der Waals surface area contributed by atoms with Gasteiger partial charge in [-0.05, 0) is 37.8 Å². The molecule has 0 radical (unpaired) electrons. The zero-order valence-corrected chi connectivity index (χ0v) is 17.4. The van der Waals surface area contributed by atoms with Crippen molar-refractivity contribution < 1.29 is 29.3 Å². The number of carbonyl (C=O) groups is 3. The lowest BCUT2D eigenvalue weighted by atomic mass is 9.82. The molecule has 30 heavy (non-hydrogen) atoms. The fourth-order valence-corrected chi connectivity index (χ4v) is 4.45. The highest BCUT2D eigenvalue weighted by Crippen LogP contribution is 2.45. The van der Waals surface area contributed by atoms with E-state index in [1.807, 2.05) is 24.9 Å². The first kappa shape index (κ1) is 21.8. The average molecular weight is 417 g/mol. The first-order chi connectivity index (χ1) is 14.2. The van der Waals surface area contributed by atoms with E-state index < -0.39 is 24.1 Å². The van der Waals surface area contributed by atoms with Gasteiger partial charge in [0.15, 0.2) is 0 Å². The lowest BCUT2D eigenvalue weighted by Gasteiger charge is -2.44. The Kier molecular flexibility index (Phi) is 6.12. The van der Waals surface area contributed by atoms with Crippen molar-refractivity contribution in [1.29, 1.82) is 0 Å². The maximum absolute atomic E-state index is 12.4. The number of carboxylic acid groups (broad SMARTS) is 1. The maximum Gasteiger partial charge on any atom is 0.435 e. The summed E-state index contributed by atoms with van der Waals surface area (Å²) in [5.41, 5.74) is 1.37. The zero-order chi connectivity index (χ0) is 22.2. The van der Waals surface area contributed by atoms with Gasteiger partial charge in [0.05, 0.1) is 18.1 Å². The van der Waals surface area contributed by atoms with Crippen molar-refractivity contribution >= 4 is 23.8 Å². The molecule has 0 aromatic carbocycles. The molecular formula is C21H27N3O6. The molecule has 0 unspecified atom stereocenters. The van der Waals surface area contributed by atoms with Gasteiger partial charge in [0.25, 0.3) is 0 Å². The number of likely N-dealkylation sites (tertiary alicyclic amines) is 1. The smallest absolute Gasteiger partial charge is 0.435 e. The number of ether oxygens (including phenoxy) is 1. The third-order valence-corrected chi connectivity index (χ3v) is 5.96. The van der Waals surface area contributed by atoms with Crippen molar-refractivity contribution in [3.05, 3.63) is 35.6 Å². The number of hydrogen-bond donors (Lipinski definition) is 2. The number of carboxylic acids is 1. The SMILES string of the molecule is C=CCOC(=O)N=C1CC[C@@H](/C=C(\C)C2=C(C(=O)O)N3C(=O)[C@H]([C@@H](C)O)[C@H]3C2)N1C. The molecular weight excluding hydrogens is 390 g/mol. The van der Waals surface area contributed by atoms with Gasteiger partial charge in [0, 0.05) is 19.5 Å². The van der Waals surface area contributed by atoms with Crippen molar-refractivity contribution in [3.63, 3.8) is 0 Å². The van der Waals surface area contributed by atoms with Crippen LogP contribution < -0.4 is 0 Å². The quantitative estimate of drug-likeness (QED) is 0.498. The van der Waals surface area contributed by atoms with Crippen molar-refractivity contribution in [2.75, 3.05) is 13.7 Å². The van der Waals surface area contributed by atoms with E-state index in [4.69, 9.17) is 4.74 Å². The van der Waals surface area contributed by atoms with Crippen molar-refractivity contribution in [1.82, 2.24) is 9.80 Å². The number of aliphatic hydroxyl groups is 1. The van der Waals surface area contributed by atoms with Crippen molar-refractivity contribution in [2.24, 2.45) is 10.9 Å². The summed E-state index contributed by atoms with van der Waals surface area (Å²) in [6, 6.07) is -0.380. The Morgan fingerprint density at radius 1 is 1.43 bits per heavy atom. The molecule has 0 aromatic rings. The molecule has 2 amide bonds. The molecule has 4 atom stereocenters. The Bertz CT molecular complexity index is 872. The number of rotatable bonds is 6. The van der Waals surface area contributed by atoms with E-state index in [9.17, 15) is 24.6 Å². The Balaban J connectivity index is 1.79. The van der Waals surface area contributed by atoms with Crippen molar-refractivity contribution in [2.45, 2.75) is 51.3 Å². The highest BCUT2D eigenvalue weighted by atomic mass is 16.5. The molecule has 0 aliphatic carbocycles. The van der Waals surface area contributed by atoms with E-state index >= 15 is 0 Å². The highest BCUT2D eigenvalue weighted by molar-refractivity contribution is 6.00. The van der Waals surface area contributed by atoms with Gasteiger partial charge in [0.1, 0.15) is 18.1 Å². The molecule has 162 valence electrons. The number of β-lactam (4-membered cyclic amide) rings is 1. The van der Waals surface area contributed by atoms with Gasteiger partial charge in [-0.1, -0.05) is 18.7 Å². The van der Waals surface area contributed by atoms with Crippen LogP contribution in [0.4, 0.5) is 4.79 Å². The number of amides is 2. The summed E-state index contributed by atoms with van der Waals surface area (Å²) in [6.07, 6.45) is 3.64. The van der Waals surface area contributed by atoms with Crippen molar-refractivity contribution in [3.8, 4) is 0 Å². The zero-order valence-electron chi connectivity index (χ0n) is 17.4. The molecule has 9 nitrogen and oxygen atoms in total. The fraction of sp³-hybridized carbons (Fsp3) is 0.524. The molecule has 2 saturated heterocycles. The minimum atomic E-state index is -1.15. The Labute approximate surface area is 175 Å². The molecule has 0 aromatic heterocycles. The summed E-state index contributed by atoms with van der Waals surface area (Å²) in [5.74, 6) is -1.46. The number of aliphatic imine (C=N–C) groups is 1. The predicted molar refractivity (Wildman–Crippen MR) is 109 cm³/mol. The molecule has 3 heterocycles. The van der Waals surface area contributed by atoms with Crippen LogP contribution in [0.1, 0.15) is 33.1 Å². The second kappa shape index (κ2) is 8.43. The number of aliphatic carboxylic acids is 1. The largest absolute Gasteiger partial charge is 0.477 e. The number of allylic oxidation sites excluding steroid dienone is 1. The van der Waals surface area contributed by atoms with Gasteiger partial charge in [-0.15, -0.1) is 0 Å². The van der Waals surface area contributed by atoms with Gasteiger partial charge in [-0.3, -0.25) is 4.79 Å². The minimum absolute atomic E-state index is 0.00167. The van der Waals surface area contributed by atoms with Crippen LogP contribution in [0.5, 0.6) is 0 Å². The topological polar surface area (TPSA) is 120 Å². The molecule has 0 spiro atoms. The molecule has 0 bridgehead atoms. The Morgan fingerprint density at radius 3 is 2.73 bits per heavy atom. The van der Waals surface area contributed by atoms with Crippen LogP contribution in [0, 0.1) is 5.92 Å². The van der Waals surface area contributed by atoms with Crippen LogP contribution in [0.15, 0.2) is 40.6 Å². The summed E-state index contributed by atoms with van der Waals surface area (Å²) in [4.78, 5) is 43.1. The average Bonchev–Trinajstić information content (AvgIpc) is 3.19. The van der Waals surface area contributed by atoms with E-state index in [0.717, 1.165) is 12.0 Å². The predicted octanol–water partition coefficient (Wildman–Crippen LogP) is 1.70. The lowest BCUT2D eigenvalue weighted by Crippen LogP contribution is -2.61. The van der Waals surface area contributed by atoms with Gasteiger partial charge in [-0.25, -0.2) is 9.59 Å². The Hall–Kier alpha value is -2.94. The van der Waals surface area contributed by atoms with Crippen LogP contribution in [0.25, 0.3) is 0 Å². The number of hydrogen-bond acceptors (Lipinski definition) is 5. The van der Waals surface area contributed by atoms with Crippen LogP contribution in [0.3, 0.4) is 0 Å². The number of aliphatic hydroxyl groups excluding tert-OH is 1. The number of fused-ring (bicyclic) bond motifs is 1. The van der Waals surface area contributed by atoms with Crippen LogP contribution in [-0.4, -0.2) is 75.7 Å². The maximum atomic E-state index is 12.4. The number of amidine groups is 1. The first-order valence-electron chi connectivity index (χ1n) is 9.91. The van der Waals surface area contributed by atoms with Crippen LogP contribution >= 0.6 is 0 Å². The molecule has 3 aliphatic rings. The summed E-state index contributed by atoms with van der Waals surface area (Å²) in [5, 5.41) is 19.6. The van der Waals surface area contributed by atoms with E-state index in [2.05, 4.69) is 11.6 Å². The molecule has 2 N–H and O–H groups in total. The van der Waals surface area contributed by atoms with Gasteiger partial charge < -0.3 is 24.7 Å². The van der Waals surface area contributed by atoms with E-state index in [1.165, 1.54) is 11.0 Å². The van der Waals surface area contributed by atoms with Crippen LogP contribution in [-0.2, 0) is 14.3 Å². The normalized spacial score (nSPS) is 28.5. The lowest BCUT2D eigenvalue weighted by molar-refractivity contribution is -0.161. The minimum Gasteiger partial charge on any atom is -0.477 e. The number of likely N-dealkylation sites (N-methyl/N-ethyl adjacent to an activating group) is 1. The number of carbonyl (C=O) groups excluding carboxylic acids is 2. The van der Waals surface area contributed by atoms with E-state index in [1.54, 1.807) is 6.92 Å². The fourth-order valence-electron chi connectivity index (χ4n) is 4.45. The molecule has 0 saturated carbocycles. The molecule has 2 fully saturated rings. The van der Waals surface area contributed by atoms with E-state index in [-0.39, 0.29) is 30.3 Å². The third-order valence-electron chi connectivity index (χ3n) is 5.96. The molecule has 3 aliphatic heterocycles. The summed E-state index contributed by atoms with van der Waals surface area (Å²) in [6.45, 7) is 6.96. The summed E-state index contributed by atoms with van der Waals surface area (Å²) >= 11 is 0.